The molecule has 0 unspecified atom stereocenters. The van der Waals surface area contributed by atoms with Crippen molar-refractivity contribution in [2.45, 2.75) is 78.4 Å². The lowest BCUT2D eigenvalue weighted by Crippen LogP contribution is -2.43. The molecule has 2 aliphatic carbocycles. The van der Waals surface area contributed by atoms with Crippen LogP contribution >= 0.6 is 0 Å². The third-order valence-corrected chi connectivity index (χ3v) is 5.84. The second-order valence-electron chi connectivity index (χ2n) is 9.43. The molecule has 1 heterocycles. The minimum atomic E-state index is -0.411. The number of fused-ring (bicyclic) bond motifs is 3. The van der Waals surface area contributed by atoms with E-state index < -0.39 is 11.0 Å². The monoisotopic (exact) mass is 280 g/mol. The number of carbonyl (C=O) groups is 1. The number of aliphatic hydroxyl groups excluding tert-OH is 1. The summed E-state index contributed by atoms with van der Waals surface area (Å²) in [6.45, 7) is 10.8. The lowest BCUT2D eigenvalue weighted by molar-refractivity contribution is -0.159. The second kappa shape index (κ2) is 3.79. The molecular formula is C17H28O3. The van der Waals surface area contributed by atoms with E-state index in [9.17, 15) is 9.90 Å². The first kappa shape index (κ1) is 14.4. The van der Waals surface area contributed by atoms with Gasteiger partial charge in [-0.3, -0.25) is 4.79 Å². The number of rotatable bonds is 0. The first-order valence-corrected chi connectivity index (χ1v) is 7.89. The molecule has 0 amide bonds. The summed E-state index contributed by atoms with van der Waals surface area (Å²) in [7, 11) is 0. The quantitative estimate of drug-likeness (QED) is 0.693. The van der Waals surface area contributed by atoms with Crippen LogP contribution in [0, 0.1) is 22.2 Å². The number of carbonyl (C=O) groups excluding carboxylic acids is 1. The fourth-order valence-corrected chi connectivity index (χ4v) is 5.68. The molecule has 20 heavy (non-hydrogen) atoms. The highest BCUT2D eigenvalue weighted by molar-refractivity contribution is 5.79. The van der Waals surface area contributed by atoms with Crippen LogP contribution in [0.2, 0.25) is 0 Å². The summed E-state index contributed by atoms with van der Waals surface area (Å²) in [6, 6.07) is 0. The van der Waals surface area contributed by atoms with Crippen LogP contribution in [0.1, 0.15) is 66.7 Å². The number of hydrogen-bond acceptors (Lipinski definition) is 3. The number of aliphatic hydroxyl groups is 1. The van der Waals surface area contributed by atoms with E-state index in [4.69, 9.17) is 4.74 Å². The predicted molar refractivity (Wildman–Crippen MR) is 77.1 cm³/mol. The van der Waals surface area contributed by atoms with Gasteiger partial charge in [-0.25, -0.2) is 0 Å². The van der Waals surface area contributed by atoms with Crippen LogP contribution in [0.4, 0.5) is 0 Å². The van der Waals surface area contributed by atoms with Gasteiger partial charge in [0.05, 0.1) is 11.5 Å². The van der Waals surface area contributed by atoms with Crippen LogP contribution < -0.4 is 0 Å². The molecule has 1 spiro atoms. The molecule has 0 aromatic rings. The third-order valence-electron chi connectivity index (χ3n) is 5.84. The summed E-state index contributed by atoms with van der Waals surface area (Å²) in [5.41, 5.74) is -0.460. The molecule has 2 bridgehead atoms. The summed E-state index contributed by atoms with van der Waals surface area (Å²) in [6.07, 6.45) is 4.23. The van der Waals surface area contributed by atoms with Crippen molar-refractivity contribution in [3.05, 3.63) is 0 Å². The second-order valence-corrected chi connectivity index (χ2v) is 9.43. The standard InChI is InChI=1S/C17H28O3/c1-14(2)7-12(18)11-6-16(5,8-14)10-17(11)9-15(3,4)13(19)20-17/h11-12,18H,6-10H2,1-5H3/t11-,12+,16+,17+/m1/s1. The Morgan fingerprint density at radius 1 is 1.05 bits per heavy atom. The van der Waals surface area contributed by atoms with E-state index in [2.05, 4.69) is 20.8 Å². The van der Waals surface area contributed by atoms with Gasteiger partial charge in [-0.2, -0.15) is 0 Å². The zero-order valence-corrected chi connectivity index (χ0v) is 13.5. The Balaban J connectivity index is 1.97. The van der Waals surface area contributed by atoms with Crippen LogP contribution in [0.3, 0.4) is 0 Å². The van der Waals surface area contributed by atoms with Crippen LogP contribution in [0.15, 0.2) is 0 Å². The van der Waals surface area contributed by atoms with E-state index in [-0.39, 0.29) is 28.8 Å². The highest BCUT2D eigenvalue weighted by Gasteiger charge is 2.65. The van der Waals surface area contributed by atoms with Gasteiger partial charge < -0.3 is 9.84 Å². The highest BCUT2D eigenvalue weighted by Crippen LogP contribution is 2.64. The van der Waals surface area contributed by atoms with Crippen molar-refractivity contribution < 1.29 is 14.6 Å². The summed E-state index contributed by atoms with van der Waals surface area (Å²) >= 11 is 0. The van der Waals surface area contributed by atoms with Gasteiger partial charge in [0.1, 0.15) is 5.60 Å². The largest absolute Gasteiger partial charge is 0.458 e. The summed E-state index contributed by atoms with van der Waals surface area (Å²) < 4.78 is 5.90. The van der Waals surface area contributed by atoms with Gasteiger partial charge in [0.15, 0.2) is 0 Å². The van der Waals surface area contributed by atoms with Gasteiger partial charge in [0, 0.05) is 12.3 Å². The number of hydrogen-bond donors (Lipinski definition) is 1. The van der Waals surface area contributed by atoms with Gasteiger partial charge in [-0.15, -0.1) is 0 Å². The fourth-order valence-electron chi connectivity index (χ4n) is 5.68. The Hall–Kier alpha value is -0.570. The number of esters is 1. The maximum absolute atomic E-state index is 12.2. The van der Waals surface area contributed by atoms with E-state index >= 15 is 0 Å². The first-order chi connectivity index (χ1) is 8.97. The predicted octanol–water partition coefficient (Wildman–Crippen LogP) is 3.30. The average Bonchev–Trinajstić information content (AvgIpc) is 2.55. The Kier molecular flexibility index (Phi) is 2.72. The van der Waals surface area contributed by atoms with E-state index in [1.165, 1.54) is 0 Å². The van der Waals surface area contributed by atoms with E-state index in [0.29, 0.717) is 0 Å². The molecule has 3 nitrogen and oxygen atoms in total. The maximum atomic E-state index is 12.2. The lowest BCUT2D eigenvalue weighted by atomic mass is 9.68. The van der Waals surface area contributed by atoms with Crippen LogP contribution in [0.5, 0.6) is 0 Å². The minimum Gasteiger partial charge on any atom is -0.458 e. The van der Waals surface area contributed by atoms with Crippen molar-refractivity contribution in [2.24, 2.45) is 22.2 Å². The summed E-state index contributed by atoms with van der Waals surface area (Å²) in [5, 5.41) is 10.7. The molecule has 0 radical (unpaired) electrons. The molecule has 0 aromatic heterocycles. The molecule has 1 aliphatic heterocycles. The van der Waals surface area contributed by atoms with E-state index in [0.717, 1.165) is 32.1 Å². The van der Waals surface area contributed by atoms with Crippen molar-refractivity contribution in [2.75, 3.05) is 0 Å². The Morgan fingerprint density at radius 3 is 2.25 bits per heavy atom. The van der Waals surface area contributed by atoms with Crippen molar-refractivity contribution in [3.8, 4) is 0 Å². The fraction of sp³-hybridized carbons (Fsp3) is 0.941. The molecule has 1 N–H and O–H groups in total. The molecule has 3 heteroatoms. The van der Waals surface area contributed by atoms with Gasteiger partial charge in [0.2, 0.25) is 0 Å². The first-order valence-electron chi connectivity index (χ1n) is 7.89. The molecule has 0 aromatic carbocycles. The third kappa shape index (κ3) is 2.01. The molecule has 2 saturated carbocycles. The summed E-state index contributed by atoms with van der Waals surface area (Å²) in [5.74, 6) is 0.0267. The zero-order valence-electron chi connectivity index (χ0n) is 13.5. The molecule has 3 aliphatic rings. The smallest absolute Gasteiger partial charge is 0.312 e. The van der Waals surface area contributed by atoms with Crippen LogP contribution in [-0.4, -0.2) is 22.8 Å². The van der Waals surface area contributed by atoms with Gasteiger partial charge in [-0.1, -0.05) is 20.8 Å². The molecule has 4 atom stereocenters. The Morgan fingerprint density at radius 2 is 1.70 bits per heavy atom. The van der Waals surface area contributed by atoms with Crippen LogP contribution in [0.25, 0.3) is 0 Å². The van der Waals surface area contributed by atoms with Crippen LogP contribution in [-0.2, 0) is 9.53 Å². The average molecular weight is 280 g/mol. The molecule has 3 fully saturated rings. The van der Waals surface area contributed by atoms with Gasteiger partial charge in [-0.05, 0) is 50.4 Å². The molecule has 1 saturated heterocycles. The maximum Gasteiger partial charge on any atom is 0.312 e. The Labute approximate surface area is 122 Å². The molecule has 114 valence electrons. The SMILES string of the molecule is CC1(C)C[C@H](O)[C@H]2C[C@@](C)(C1)C[C@@]21CC(C)(C)C(=O)O1. The van der Waals surface area contributed by atoms with Crippen molar-refractivity contribution >= 4 is 5.97 Å². The summed E-state index contributed by atoms with van der Waals surface area (Å²) in [4.78, 5) is 12.2. The lowest BCUT2D eigenvalue weighted by Gasteiger charge is -2.40. The van der Waals surface area contributed by atoms with Crippen molar-refractivity contribution in [1.82, 2.24) is 0 Å². The normalized spacial score (nSPS) is 49.2. The zero-order chi connectivity index (χ0) is 15.0. The van der Waals surface area contributed by atoms with E-state index in [1.54, 1.807) is 0 Å². The highest BCUT2D eigenvalue weighted by atomic mass is 16.6. The van der Waals surface area contributed by atoms with Crippen molar-refractivity contribution in [3.63, 3.8) is 0 Å². The molecular weight excluding hydrogens is 252 g/mol. The Bertz CT molecular complexity index is 453. The van der Waals surface area contributed by atoms with Gasteiger partial charge in [0.25, 0.3) is 0 Å². The minimum absolute atomic E-state index is 0.0845. The van der Waals surface area contributed by atoms with Gasteiger partial charge >= 0.3 is 5.97 Å². The van der Waals surface area contributed by atoms with E-state index in [1.807, 2.05) is 13.8 Å². The topological polar surface area (TPSA) is 46.5 Å². The van der Waals surface area contributed by atoms with Crippen molar-refractivity contribution in [1.29, 1.82) is 0 Å². The number of ether oxygens (including phenoxy) is 1. The molecule has 3 rings (SSSR count).